The summed E-state index contributed by atoms with van der Waals surface area (Å²) >= 11 is 3.48. The lowest BCUT2D eigenvalue weighted by atomic mass is 10.1. The molecule has 0 bridgehead atoms. The Morgan fingerprint density at radius 3 is 2.85 bits per heavy atom. The van der Waals surface area contributed by atoms with Crippen LogP contribution in [0.5, 0.6) is 5.75 Å². The number of nitrogens with two attached hydrogens (primary N) is 1. The van der Waals surface area contributed by atoms with Gasteiger partial charge in [0.1, 0.15) is 5.75 Å². The molecule has 0 atom stereocenters. The number of hydrogen-bond acceptors (Lipinski definition) is 2. The van der Waals surface area contributed by atoms with Crippen LogP contribution in [0.3, 0.4) is 0 Å². The number of nitrogens with zero attached hydrogens (tertiary/aromatic N) is 1. The maximum Gasteiger partial charge on any atom is 0.188 e. The van der Waals surface area contributed by atoms with Crippen LogP contribution in [0.1, 0.15) is 25.8 Å². The van der Waals surface area contributed by atoms with E-state index in [1.54, 1.807) is 7.11 Å². The zero-order chi connectivity index (χ0) is 15.0. The zero-order valence-corrected chi connectivity index (χ0v) is 14.0. The summed E-state index contributed by atoms with van der Waals surface area (Å²) in [6, 6.07) is 6.02. The molecule has 112 valence electrons. The number of guanidine groups is 1. The SMILES string of the molecule is COc1c(Br)cccc1CCNC(N)=NCCC(C)C. The van der Waals surface area contributed by atoms with E-state index in [1.165, 1.54) is 0 Å². The lowest BCUT2D eigenvalue weighted by Crippen LogP contribution is -2.33. The number of rotatable bonds is 7. The molecule has 0 unspecified atom stereocenters. The average molecular weight is 342 g/mol. The maximum absolute atomic E-state index is 5.82. The molecule has 0 heterocycles. The topological polar surface area (TPSA) is 59.6 Å². The molecule has 20 heavy (non-hydrogen) atoms. The minimum absolute atomic E-state index is 0.514. The molecule has 1 aromatic rings. The summed E-state index contributed by atoms with van der Waals surface area (Å²) in [4.78, 5) is 4.30. The molecule has 1 rings (SSSR count). The normalized spacial score (nSPS) is 11.8. The van der Waals surface area contributed by atoms with Crippen molar-refractivity contribution < 1.29 is 4.74 Å². The summed E-state index contributed by atoms with van der Waals surface area (Å²) in [6.45, 7) is 5.87. The van der Waals surface area contributed by atoms with E-state index in [-0.39, 0.29) is 0 Å². The van der Waals surface area contributed by atoms with Gasteiger partial charge < -0.3 is 15.8 Å². The minimum Gasteiger partial charge on any atom is -0.495 e. The zero-order valence-electron chi connectivity index (χ0n) is 12.4. The first-order valence-electron chi connectivity index (χ1n) is 6.89. The number of halogens is 1. The molecule has 4 nitrogen and oxygen atoms in total. The highest BCUT2D eigenvalue weighted by molar-refractivity contribution is 9.10. The molecular weight excluding hydrogens is 318 g/mol. The third-order valence-corrected chi connectivity index (χ3v) is 3.57. The van der Waals surface area contributed by atoms with Gasteiger partial charge in [0.2, 0.25) is 0 Å². The van der Waals surface area contributed by atoms with Crippen molar-refractivity contribution in [1.82, 2.24) is 5.32 Å². The van der Waals surface area contributed by atoms with Crippen LogP contribution in [0.4, 0.5) is 0 Å². The molecule has 0 fully saturated rings. The fourth-order valence-corrected chi connectivity index (χ4v) is 2.37. The van der Waals surface area contributed by atoms with Crippen molar-refractivity contribution in [1.29, 1.82) is 0 Å². The van der Waals surface area contributed by atoms with Gasteiger partial charge in [0.25, 0.3) is 0 Å². The molecule has 0 aliphatic rings. The second-order valence-electron chi connectivity index (χ2n) is 5.06. The van der Waals surface area contributed by atoms with Crippen LogP contribution in [0.15, 0.2) is 27.7 Å². The number of aliphatic imine (C=N–C) groups is 1. The molecule has 0 aliphatic heterocycles. The molecular formula is C15H24BrN3O. The summed E-state index contributed by atoms with van der Waals surface area (Å²) < 4.78 is 6.36. The molecule has 0 spiro atoms. The number of methoxy groups -OCH3 is 1. The first-order valence-corrected chi connectivity index (χ1v) is 7.69. The van der Waals surface area contributed by atoms with Crippen molar-refractivity contribution in [3.05, 3.63) is 28.2 Å². The lowest BCUT2D eigenvalue weighted by molar-refractivity contribution is 0.407. The minimum atomic E-state index is 0.514. The number of para-hydroxylation sites is 1. The molecule has 0 amide bonds. The van der Waals surface area contributed by atoms with Crippen LogP contribution in [-0.4, -0.2) is 26.2 Å². The summed E-state index contributed by atoms with van der Waals surface area (Å²) in [5.41, 5.74) is 6.97. The van der Waals surface area contributed by atoms with Gasteiger partial charge in [-0.25, -0.2) is 0 Å². The van der Waals surface area contributed by atoms with E-state index < -0.39 is 0 Å². The molecule has 5 heteroatoms. The summed E-state index contributed by atoms with van der Waals surface area (Å²) in [5, 5.41) is 3.13. The third-order valence-electron chi connectivity index (χ3n) is 2.94. The standard InChI is InChI=1S/C15H24BrN3O/c1-11(2)7-9-18-15(17)19-10-8-12-5-4-6-13(16)14(12)20-3/h4-6,11H,7-10H2,1-3H3,(H3,17,18,19). The van der Waals surface area contributed by atoms with Crippen LogP contribution >= 0.6 is 15.9 Å². The van der Waals surface area contributed by atoms with Crippen LogP contribution in [0, 0.1) is 5.92 Å². The van der Waals surface area contributed by atoms with Gasteiger partial charge in [-0.15, -0.1) is 0 Å². The Kier molecular flexibility index (Phi) is 7.44. The predicted molar refractivity (Wildman–Crippen MR) is 88.3 cm³/mol. The molecule has 0 saturated heterocycles. The van der Waals surface area contributed by atoms with E-state index in [2.05, 4.69) is 46.2 Å². The highest BCUT2D eigenvalue weighted by Gasteiger charge is 2.06. The quantitative estimate of drug-likeness (QED) is 0.592. The van der Waals surface area contributed by atoms with E-state index in [9.17, 15) is 0 Å². The average Bonchev–Trinajstić information content (AvgIpc) is 2.38. The van der Waals surface area contributed by atoms with Gasteiger partial charge in [-0.1, -0.05) is 26.0 Å². The van der Waals surface area contributed by atoms with Crippen molar-refractivity contribution in [3.63, 3.8) is 0 Å². The molecule has 0 aliphatic carbocycles. The second kappa shape index (κ2) is 8.84. The van der Waals surface area contributed by atoms with E-state index in [0.717, 1.165) is 41.7 Å². The first-order chi connectivity index (χ1) is 9.54. The first kappa shape index (κ1) is 16.8. The summed E-state index contributed by atoms with van der Waals surface area (Å²) in [6.07, 6.45) is 1.89. The molecule has 0 aromatic heterocycles. The van der Waals surface area contributed by atoms with Gasteiger partial charge >= 0.3 is 0 Å². The van der Waals surface area contributed by atoms with Crippen LogP contribution in [0.25, 0.3) is 0 Å². The van der Waals surface area contributed by atoms with Gasteiger partial charge in [-0.05, 0) is 46.3 Å². The van der Waals surface area contributed by atoms with E-state index in [4.69, 9.17) is 10.5 Å². The fourth-order valence-electron chi connectivity index (χ4n) is 1.80. The van der Waals surface area contributed by atoms with Crippen molar-refractivity contribution in [2.75, 3.05) is 20.2 Å². The lowest BCUT2D eigenvalue weighted by Gasteiger charge is -2.11. The molecule has 0 saturated carbocycles. The van der Waals surface area contributed by atoms with Crippen molar-refractivity contribution in [3.8, 4) is 5.75 Å². The van der Waals surface area contributed by atoms with Crippen molar-refractivity contribution in [2.24, 2.45) is 16.6 Å². The van der Waals surface area contributed by atoms with E-state index >= 15 is 0 Å². The fraction of sp³-hybridized carbons (Fsp3) is 0.533. The van der Waals surface area contributed by atoms with Gasteiger partial charge in [0.05, 0.1) is 11.6 Å². The van der Waals surface area contributed by atoms with Gasteiger partial charge in [0.15, 0.2) is 5.96 Å². The largest absolute Gasteiger partial charge is 0.495 e. The number of hydrogen-bond donors (Lipinski definition) is 2. The van der Waals surface area contributed by atoms with E-state index in [0.29, 0.717) is 11.9 Å². The molecule has 3 N–H and O–H groups in total. The smallest absolute Gasteiger partial charge is 0.188 e. The van der Waals surface area contributed by atoms with Gasteiger partial charge in [0, 0.05) is 13.1 Å². The molecule has 0 radical (unpaired) electrons. The Labute approximate surface area is 129 Å². The van der Waals surface area contributed by atoms with Gasteiger partial charge in [-0.3, -0.25) is 4.99 Å². The van der Waals surface area contributed by atoms with Crippen LogP contribution in [0.2, 0.25) is 0 Å². The number of nitrogens with one attached hydrogen (secondary N) is 1. The number of benzene rings is 1. The Morgan fingerprint density at radius 1 is 1.45 bits per heavy atom. The third kappa shape index (κ3) is 5.82. The van der Waals surface area contributed by atoms with Crippen LogP contribution < -0.4 is 15.8 Å². The van der Waals surface area contributed by atoms with Crippen molar-refractivity contribution >= 4 is 21.9 Å². The number of ether oxygens (including phenoxy) is 1. The maximum atomic E-state index is 5.82. The molecule has 1 aromatic carbocycles. The predicted octanol–water partition coefficient (Wildman–Crippen LogP) is 2.95. The Balaban J connectivity index is 2.43. The highest BCUT2D eigenvalue weighted by Crippen LogP contribution is 2.28. The summed E-state index contributed by atoms with van der Waals surface area (Å²) in [7, 11) is 1.68. The van der Waals surface area contributed by atoms with E-state index in [1.807, 2.05) is 12.1 Å². The van der Waals surface area contributed by atoms with Crippen molar-refractivity contribution in [2.45, 2.75) is 26.7 Å². The van der Waals surface area contributed by atoms with Crippen LogP contribution in [-0.2, 0) is 6.42 Å². The van der Waals surface area contributed by atoms with Gasteiger partial charge in [-0.2, -0.15) is 0 Å². The Morgan fingerprint density at radius 2 is 2.20 bits per heavy atom. The highest BCUT2D eigenvalue weighted by atomic mass is 79.9. The second-order valence-corrected chi connectivity index (χ2v) is 5.91. The monoisotopic (exact) mass is 341 g/mol. The Bertz CT molecular complexity index is 447. The summed E-state index contributed by atoms with van der Waals surface area (Å²) in [5.74, 6) is 2.04. The Hall–Kier alpha value is -1.23.